The zero-order chi connectivity index (χ0) is 14.5. The standard InChI is InChI=1S/C16H32N2O2/c1-2-3-13-20-14-7-5-4-6-10-18-11-8-16(9-12-18)15-17-19/h15-16,19H,2-14H2,1H3. The van der Waals surface area contributed by atoms with Crippen LogP contribution in [0.1, 0.15) is 58.3 Å². The summed E-state index contributed by atoms with van der Waals surface area (Å²) in [6, 6.07) is 0. The van der Waals surface area contributed by atoms with E-state index in [1.165, 1.54) is 45.1 Å². The van der Waals surface area contributed by atoms with Gasteiger partial charge in [0.25, 0.3) is 0 Å². The Morgan fingerprint density at radius 1 is 1.10 bits per heavy atom. The van der Waals surface area contributed by atoms with Gasteiger partial charge in [-0.15, -0.1) is 5.16 Å². The summed E-state index contributed by atoms with van der Waals surface area (Å²) in [5.74, 6) is 0.483. The molecule has 20 heavy (non-hydrogen) atoms. The van der Waals surface area contributed by atoms with Crippen molar-refractivity contribution < 1.29 is 9.94 Å². The van der Waals surface area contributed by atoms with E-state index in [1.807, 2.05) is 0 Å². The molecule has 1 heterocycles. The first-order valence-electron chi connectivity index (χ1n) is 8.34. The number of hydrogen-bond donors (Lipinski definition) is 1. The topological polar surface area (TPSA) is 45.1 Å². The normalized spacial score (nSPS) is 18.1. The third-order valence-corrected chi connectivity index (χ3v) is 4.06. The third kappa shape index (κ3) is 8.54. The quantitative estimate of drug-likeness (QED) is 0.273. The molecule has 118 valence electrons. The summed E-state index contributed by atoms with van der Waals surface area (Å²) in [4.78, 5) is 2.54. The molecule has 1 aliphatic rings. The summed E-state index contributed by atoms with van der Waals surface area (Å²) in [6.45, 7) is 7.59. The van der Waals surface area contributed by atoms with E-state index >= 15 is 0 Å². The van der Waals surface area contributed by atoms with E-state index in [9.17, 15) is 0 Å². The Balaban J connectivity index is 1.85. The predicted octanol–water partition coefficient (Wildman–Crippen LogP) is 3.54. The fraction of sp³-hybridized carbons (Fsp3) is 0.938. The molecular formula is C16H32N2O2. The van der Waals surface area contributed by atoms with Crippen molar-refractivity contribution in [3.05, 3.63) is 0 Å². The van der Waals surface area contributed by atoms with Crippen molar-refractivity contribution in [2.75, 3.05) is 32.8 Å². The lowest BCUT2D eigenvalue weighted by Gasteiger charge is -2.29. The van der Waals surface area contributed by atoms with Crippen LogP contribution in [-0.4, -0.2) is 49.2 Å². The van der Waals surface area contributed by atoms with E-state index in [0.717, 1.165) is 39.1 Å². The van der Waals surface area contributed by atoms with Crippen LogP contribution in [-0.2, 0) is 4.74 Å². The van der Waals surface area contributed by atoms with Gasteiger partial charge in [0.05, 0.1) is 0 Å². The molecule has 1 aliphatic heterocycles. The summed E-state index contributed by atoms with van der Waals surface area (Å²) in [6.07, 6.45) is 11.5. The summed E-state index contributed by atoms with van der Waals surface area (Å²) in [7, 11) is 0. The van der Waals surface area contributed by atoms with Crippen LogP contribution in [0.25, 0.3) is 0 Å². The number of likely N-dealkylation sites (tertiary alicyclic amines) is 1. The summed E-state index contributed by atoms with van der Waals surface area (Å²) in [5, 5.41) is 11.7. The van der Waals surface area contributed by atoms with Gasteiger partial charge in [-0.3, -0.25) is 0 Å². The number of piperidine rings is 1. The first-order chi connectivity index (χ1) is 9.86. The molecule has 0 radical (unpaired) electrons. The monoisotopic (exact) mass is 284 g/mol. The van der Waals surface area contributed by atoms with Gasteiger partial charge >= 0.3 is 0 Å². The van der Waals surface area contributed by atoms with Crippen molar-refractivity contribution in [2.24, 2.45) is 11.1 Å². The van der Waals surface area contributed by atoms with Crippen LogP contribution >= 0.6 is 0 Å². The number of unbranched alkanes of at least 4 members (excludes halogenated alkanes) is 4. The van der Waals surface area contributed by atoms with E-state index in [4.69, 9.17) is 9.94 Å². The highest BCUT2D eigenvalue weighted by Crippen LogP contribution is 2.16. The van der Waals surface area contributed by atoms with Crippen molar-refractivity contribution in [1.29, 1.82) is 0 Å². The molecular weight excluding hydrogens is 252 g/mol. The molecule has 1 N–H and O–H groups in total. The average Bonchev–Trinajstić information content (AvgIpc) is 2.47. The molecule has 0 saturated carbocycles. The minimum absolute atomic E-state index is 0.483. The molecule has 1 saturated heterocycles. The van der Waals surface area contributed by atoms with Gasteiger partial charge in [-0.25, -0.2) is 0 Å². The summed E-state index contributed by atoms with van der Waals surface area (Å²) >= 11 is 0. The van der Waals surface area contributed by atoms with E-state index in [1.54, 1.807) is 6.21 Å². The van der Waals surface area contributed by atoms with Gasteiger partial charge < -0.3 is 14.8 Å². The molecule has 4 nitrogen and oxygen atoms in total. The fourth-order valence-corrected chi connectivity index (χ4v) is 2.66. The van der Waals surface area contributed by atoms with Gasteiger partial charge in [-0.05, 0) is 57.7 Å². The molecule has 4 heteroatoms. The van der Waals surface area contributed by atoms with Gasteiger partial charge in [0.1, 0.15) is 0 Å². The lowest BCUT2D eigenvalue weighted by molar-refractivity contribution is 0.126. The van der Waals surface area contributed by atoms with Crippen LogP contribution in [0.15, 0.2) is 5.16 Å². The van der Waals surface area contributed by atoms with E-state index < -0.39 is 0 Å². The zero-order valence-electron chi connectivity index (χ0n) is 13.1. The highest BCUT2D eigenvalue weighted by Gasteiger charge is 2.17. The van der Waals surface area contributed by atoms with Crippen LogP contribution in [0, 0.1) is 5.92 Å². The molecule has 0 atom stereocenters. The molecule has 1 fully saturated rings. The second-order valence-corrected chi connectivity index (χ2v) is 5.82. The van der Waals surface area contributed by atoms with Crippen LogP contribution in [0.3, 0.4) is 0 Å². The summed E-state index contributed by atoms with van der Waals surface area (Å²) in [5.41, 5.74) is 0. The Bertz CT molecular complexity index is 239. The average molecular weight is 284 g/mol. The van der Waals surface area contributed by atoms with Crippen LogP contribution in [0.2, 0.25) is 0 Å². The lowest BCUT2D eigenvalue weighted by Crippen LogP contribution is -2.34. The highest BCUT2D eigenvalue weighted by atomic mass is 16.5. The maximum Gasteiger partial charge on any atom is 0.0467 e. The molecule has 0 aromatic carbocycles. The number of rotatable bonds is 11. The van der Waals surface area contributed by atoms with Gasteiger partial charge in [0.2, 0.25) is 0 Å². The van der Waals surface area contributed by atoms with Crippen molar-refractivity contribution >= 4 is 6.21 Å². The van der Waals surface area contributed by atoms with Gasteiger partial charge in [0, 0.05) is 19.4 Å². The Morgan fingerprint density at radius 2 is 1.80 bits per heavy atom. The second-order valence-electron chi connectivity index (χ2n) is 5.82. The van der Waals surface area contributed by atoms with Gasteiger partial charge in [-0.1, -0.05) is 26.2 Å². The molecule has 0 aromatic rings. The second kappa shape index (κ2) is 12.2. The van der Waals surface area contributed by atoms with Crippen molar-refractivity contribution in [1.82, 2.24) is 4.90 Å². The minimum atomic E-state index is 0.483. The molecule has 0 aromatic heterocycles. The van der Waals surface area contributed by atoms with Crippen LogP contribution < -0.4 is 0 Å². The largest absolute Gasteiger partial charge is 0.411 e. The predicted molar refractivity (Wildman–Crippen MR) is 83.6 cm³/mol. The Hall–Kier alpha value is -0.610. The Kier molecular flexibility index (Phi) is 10.6. The summed E-state index contributed by atoms with van der Waals surface area (Å²) < 4.78 is 5.56. The highest BCUT2D eigenvalue weighted by molar-refractivity contribution is 5.59. The fourth-order valence-electron chi connectivity index (χ4n) is 2.66. The number of nitrogens with zero attached hydrogens (tertiary/aromatic N) is 2. The molecule has 0 amide bonds. The lowest BCUT2D eigenvalue weighted by atomic mass is 9.98. The Morgan fingerprint density at radius 3 is 2.50 bits per heavy atom. The molecule has 0 bridgehead atoms. The van der Waals surface area contributed by atoms with Crippen LogP contribution in [0.4, 0.5) is 0 Å². The van der Waals surface area contributed by atoms with Gasteiger partial charge in [0.15, 0.2) is 0 Å². The van der Waals surface area contributed by atoms with E-state index in [-0.39, 0.29) is 0 Å². The zero-order valence-corrected chi connectivity index (χ0v) is 13.1. The van der Waals surface area contributed by atoms with E-state index in [0.29, 0.717) is 5.92 Å². The maximum atomic E-state index is 8.52. The van der Waals surface area contributed by atoms with E-state index in [2.05, 4.69) is 17.0 Å². The van der Waals surface area contributed by atoms with Crippen molar-refractivity contribution in [2.45, 2.75) is 58.3 Å². The molecule has 1 rings (SSSR count). The van der Waals surface area contributed by atoms with Gasteiger partial charge in [-0.2, -0.15) is 0 Å². The minimum Gasteiger partial charge on any atom is -0.411 e. The van der Waals surface area contributed by atoms with Crippen molar-refractivity contribution in [3.8, 4) is 0 Å². The maximum absolute atomic E-state index is 8.52. The first-order valence-corrected chi connectivity index (χ1v) is 8.34. The smallest absolute Gasteiger partial charge is 0.0467 e. The number of hydrogen-bond acceptors (Lipinski definition) is 4. The molecule has 0 unspecified atom stereocenters. The number of ether oxygens (including phenoxy) is 1. The Labute approximate surface area is 124 Å². The van der Waals surface area contributed by atoms with Crippen molar-refractivity contribution in [3.63, 3.8) is 0 Å². The van der Waals surface area contributed by atoms with Crippen LogP contribution in [0.5, 0.6) is 0 Å². The molecule has 0 spiro atoms. The third-order valence-electron chi connectivity index (χ3n) is 4.06. The number of oxime groups is 1. The molecule has 0 aliphatic carbocycles. The first kappa shape index (κ1) is 17.4. The SMILES string of the molecule is CCCCOCCCCCCN1CCC(C=NO)CC1.